The van der Waals surface area contributed by atoms with E-state index in [0.717, 1.165) is 22.7 Å². The van der Waals surface area contributed by atoms with E-state index in [1.807, 2.05) is 12.1 Å². The molecule has 0 atom stereocenters. The zero-order valence-electron chi connectivity index (χ0n) is 19.9. The number of benzene rings is 2. The summed E-state index contributed by atoms with van der Waals surface area (Å²) in [5, 5.41) is 2.62. The predicted molar refractivity (Wildman–Crippen MR) is 141 cm³/mol. The lowest BCUT2D eigenvalue weighted by atomic mass is 9.48. The largest absolute Gasteiger partial charge is 0.494 e. The lowest BCUT2D eigenvalue weighted by Crippen LogP contribution is -2.54. The van der Waals surface area contributed by atoms with Crippen LogP contribution in [-0.4, -0.2) is 25.0 Å². The Morgan fingerprint density at radius 2 is 1.64 bits per heavy atom. The number of urea groups is 1. The second-order valence-electron chi connectivity index (χ2n) is 10.7. The monoisotopic (exact) mass is 568 g/mol. The molecule has 8 heteroatoms. The van der Waals surface area contributed by atoms with Crippen molar-refractivity contribution in [3.63, 3.8) is 0 Å². The van der Waals surface area contributed by atoms with E-state index in [0.29, 0.717) is 26.5 Å². The van der Waals surface area contributed by atoms with E-state index in [2.05, 4.69) is 33.4 Å². The average Bonchev–Trinajstić information content (AvgIpc) is 2.81. The molecule has 0 radical (unpaired) electrons. The summed E-state index contributed by atoms with van der Waals surface area (Å²) >= 11 is 9.65. The topological polar surface area (TPSA) is 75.7 Å². The minimum absolute atomic E-state index is 0.145. The van der Waals surface area contributed by atoms with Gasteiger partial charge in [0.2, 0.25) is 0 Å². The van der Waals surface area contributed by atoms with Gasteiger partial charge in [-0.2, -0.15) is 0 Å². The van der Waals surface area contributed by atoms with Crippen LogP contribution in [0.4, 0.5) is 10.5 Å². The molecule has 1 saturated heterocycles. The van der Waals surface area contributed by atoms with E-state index in [1.165, 1.54) is 57.3 Å². The second-order valence-corrected chi connectivity index (χ2v) is 12.0. The molecule has 36 heavy (non-hydrogen) atoms. The summed E-state index contributed by atoms with van der Waals surface area (Å²) in [5.74, 6) is 1.53. The predicted octanol–water partition coefficient (Wildman–Crippen LogP) is 6.25. The molecular weight excluding hydrogens is 544 g/mol. The van der Waals surface area contributed by atoms with Crippen molar-refractivity contribution in [3.05, 3.63) is 62.6 Å². The van der Waals surface area contributed by atoms with Crippen molar-refractivity contribution in [2.45, 2.75) is 43.9 Å². The number of hydrogen-bond acceptors (Lipinski definition) is 4. The molecule has 5 fully saturated rings. The molecular formula is C28H26BrClN2O4. The number of carbonyl (C=O) groups excluding carboxylic acids is 3. The molecule has 0 spiro atoms. The highest BCUT2D eigenvalue weighted by Gasteiger charge is 2.51. The number of hydrogen-bond donors (Lipinski definition) is 1. The van der Waals surface area contributed by atoms with Crippen molar-refractivity contribution in [2.24, 2.45) is 17.8 Å². The molecule has 1 heterocycles. The minimum Gasteiger partial charge on any atom is -0.494 e. The lowest BCUT2D eigenvalue weighted by molar-refractivity contribution is -0.122. The van der Waals surface area contributed by atoms with Gasteiger partial charge in [-0.25, -0.2) is 9.69 Å². The third-order valence-corrected chi connectivity index (χ3v) is 9.28. The number of methoxy groups -OCH3 is 1. The maximum atomic E-state index is 13.4. The Morgan fingerprint density at radius 1 is 1.03 bits per heavy atom. The summed E-state index contributed by atoms with van der Waals surface area (Å²) in [6.45, 7) is 0. The standard InChI is InChI=1S/C28H26BrClN2O4/c1-36-24-22(29)10-15(11-23(24)30)9-21-25(33)31-27(35)32(26(21)34)20-4-2-19(3-5-20)28-12-16-6-17(13-28)8-18(7-16)14-28/h2-5,9-11,16-18H,6-8,12-14H2,1H3,(H,31,33,35)/b21-9+. The maximum Gasteiger partial charge on any atom is 0.335 e. The number of anilines is 1. The van der Waals surface area contributed by atoms with Crippen LogP contribution in [0.15, 0.2) is 46.4 Å². The Labute approximate surface area is 223 Å². The molecule has 2 aromatic rings. The number of nitrogens with zero attached hydrogens (tertiary/aromatic N) is 1. The molecule has 2 aromatic carbocycles. The van der Waals surface area contributed by atoms with Gasteiger partial charge in [0.05, 0.1) is 22.3 Å². The first kappa shape index (κ1) is 23.7. The van der Waals surface area contributed by atoms with Gasteiger partial charge in [0.1, 0.15) is 5.57 Å². The Balaban J connectivity index is 1.29. The fraction of sp³-hybridized carbons (Fsp3) is 0.393. The van der Waals surface area contributed by atoms with Crippen LogP contribution in [0.2, 0.25) is 5.02 Å². The number of imide groups is 2. The zero-order chi connectivity index (χ0) is 25.2. The fourth-order valence-electron chi connectivity index (χ4n) is 7.34. The van der Waals surface area contributed by atoms with Gasteiger partial charge in [0.15, 0.2) is 5.75 Å². The first-order valence-corrected chi connectivity index (χ1v) is 13.5. The van der Waals surface area contributed by atoms with Crippen molar-refractivity contribution in [3.8, 4) is 5.75 Å². The van der Waals surface area contributed by atoms with Crippen molar-refractivity contribution < 1.29 is 19.1 Å². The van der Waals surface area contributed by atoms with Crippen LogP contribution >= 0.6 is 27.5 Å². The molecule has 6 nitrogen and oxygen atoms in total. The molecule has 7 rings (SSSR count). The van der Waals surface area contributed by atoms with Crippen molar-refractivity contribution in [2.75, 3.05) is 12.0 Å². The van der Waals surface area contributed by atoms with Crippen LogP contribution in [0.3, 0.4) is 0 Å². The summed E-state index contributed by atoms with van der Waals surface area (Å²) in [5.41, 5.74) is 2.35. The average molecular weight is 570 g/mol. The van der Waals surface area contributed by atoms with Crippen LogP contribution in [0.5, 0.6) is 5.75 Å². The van der Waals surface area contributed by atoms with Gasteiger partial charge in [-0.3, -0.25) is 14.9 Å². The number of rotatable bonds is 4. The van der Waals surface area contributed by atoms with Gasteiger partial charge >= 0.3 is 6.03 Å². The third-order valence-electron chi connectivity index (χ3n) is 8.41. The first-order chi connectivity index (χ1) is 17.3. The Morgan fingerprint density at radius 3 is 2.19 bits per heavy atom. The van der Waals surface area contributed by atoms with E-state index in [9.17, 15) is 14.4 Å². The van der Waals surface area contributed by atoms with E-state index in [1.54, 1.807) is 12.1 Å². The van der Waals surface area contributed by atoms with Gasteiger partial charge in [0.25, 0.3) is 11.8 Å². The van der Waals surface area contributed by atoms with E-state index in [-0.39, 0.29) is 11.0 Å². The van der Waals surface area contributed by atoms with Crippen LogP contribution in [0, 0.1) is 17.8 Å². The van der Waals surface area contributed by atoms with Gasteiger partial charge in [-0.1, -0.05) is 23.7 Å². The number of nitrogens with one attached hydrogen (secondary N) is 1. The number of amides is 4. The SMILES string of the molecule is COc1c(Cl)cc(/C=C2\C(=O)NC(=O)N(c3ccc(C45CC6CC(CC(C6)C4)C5)cc3)C2=O)cc1Br. The molecule has 0 unspecified atom stereocenters. The van der Waals surface area contributed by atoms with Crippen LogP contribution in [0.1, 0.15) is 49.7 Å². The molecule has 5 aliphatic rings. The smallest absolute Gasteiger partial charge is 0.335 e. The molecule has 4 aliphatic carbocycles. The van der Waals surface area contributed by atoms with E-state index in [4.69, 9.17) is 16.3 Å². The molecule has 1 N–H and O–H groups in total. The highest BCUT2D eigenvalue weighted by molar-refractivity contribution is 9.10. The molecule has 0 aromatic heterocycles. The zero-order valence-corrected chi connectivity index (χ0v) is 22.2. The fourth-order valence-corrected chi connectivity index (χ4v) is 8.40. The molecule has 4 bridgehead atoms. The first-order valence-electron chi connectivity index (χ1n) is 12.3. The Bertz CT molecular complexity index is 1260. The van der Waals surface area contributed by atoms with Gasteiger partial charge in [-0.15, -0.1) is 0 Å². The minimum atomic E-state index is -0.751. The summed E-state index contributed by atoms with van der Waals surface area (Å²) in [7, 11) is 1.50. The van der Waals surface area contributed by atoms with Gasteiger partial charge < -0.3 is 4.74 Å². The summed E-state index contributed by atoms with van der Waals surface area (Å²) in [6, 6.07) is 10.4. The lowest BCUT2D eigenvalue weighted by Gasteiger charge is -2.57. The second kappa shape index (κ2) is 8.73. The van der Waals surface area contributed by atoms with Crippen LogP contribution in [-0.2, 0) is 15.0 Å². The summed E-state index contributed by atoms with van der Waals surface area (Å²) < 4.78 is 5.82. The normalized spacial score (nSPS) is 30.2. The van der Waals surface area contributed by atoms with Crippen molar-refractivity contribution in [1.82, 2.24) is 5.32 Å². The highest BCUT2D eigenvalue weighted by Crippen LogP contribution is 2.60. The Hall–Kier alpha value is -2.64. The quantitative estimate of drug-likeness (QED) is 0.349. The van der Waals surface area contributed by atoms with Crippen molar-refractivity contribution >= 4 is 57.1 Å². The summed E-state index contributed by atoms with van der Waals surface area (Å²) in [6.07, 6.45) is 9.27. The van der Waals surface area contributed by atoms with Gasteiger partial charge in [0, 0.05) is 0 Å². The van der Waals surface area contributed by atoms with Crippen molar-refractivity contribution in [1.29, 1.82) is 0 Å². The number of barbiturate groups is 1. The van der Waals surface area contributed by atoms with E-state index < -0.39 is 17.8 Å². The number of carbonyl (C=O) groups is 3. The molecule has 4 amide bonds. The van der Waals surface area contributed by atoms with Crippen LogP contribution in [0.25, 0.3) is 6.08 Å². The van der Waals surface area contributed by atoms with E-state index >= 15 is 0 Å². The van der Waals surface area contributed by atoms with Crippen LogP contribution < -0.4 is 15.0 Å². The molecule has 1 aliphatic heterocycles. The highest BCUT2D eigenvalue weighted by atomic mass is 79.9. The van der Waals surface area contributed by atoms with Gasteiger partial charge in [-0.05, 0) is 119 Å². The molecule has 186 valence electrons. The third kappa shape index (κ3) is 3.88. The molecule has 4 saturated carbocycles. The number of halogens is 2. The summed E-state index contributed by atoms with van der Waals surface area (Å²) in [4.78, 5) is 39.7. The number of ether oxygens (including phenoxy) is 1. The Kier molecular flexibility index (Phi) is 5.76. The maximum absolute atomic E-state index is 13.4.